The average Bonchev–Trinajstić information content (AvgIpc) is 2.92. The van der Waals surface area contributed by atoms with Crippen molar-refractivity contribution >= 4 is 28.7 Å². The molecule has 1 aliphatic rings. The average molecular weight is 333 g/mol. The van der Waals surface area contributed by atoms with E-state index in [4.69, 9.17) is 0 Å². The van der Waals surface area contributed by atoms with Gasteiger partial charge in [0.05, 0.1) is 11.0 Å². The van der Waals surface area contributed by atoms with Crippen LogP contribution in [0.5, 0.6) is 0 Å². The second-order valence-corrected chi connectivity index (χ2v) is 7.14. The molecule has 0 bridgehead atoms. The Morgan fingerprint density at radius 1 is 1.39 bits per heavy atom. The normalized spacial score (nSPS) is 17.3. The van der Waals surface area contributed by atoms with E-state index < -0.39 is 5.60 Å². The third kappa shape index (κ3) is 3.38. The predicted octanol–water partition coefficient (Wildman–Crippen LogP) is 1.97. The SMILES string of the molecule is CCn1c(CCNC(=O)C2(O)CCSCC2)nc2ccccc21. The Hall–Kier alpha value is -1.53. The summed E-state index contributed by atoms with van der Waals surface area (Å²) in [5.41, 5.74) is 0.925. The zero-order valence-electron chi connectivity index (χ0n) is 13.4. The number of fused-ring (bicyclic) bond motifs is 1. The van der Waals surface area contributed by atoms with Crippen molar-refractivity contribution in [2.24, 2.45) is 0 Å². The van der Waals surface area contributed by atoms with Crippen LogP contribution in [0, 0.1) is 0 Å². The number of nitrogens with one attached hydrogen (secondary N) is 1. The van der Waals surface area contributed by atoms with E-state index in [1.807, 2.05) is 18.2 Å². The number of rotatable bonds is 5. The van der Waals surface area contributed by atoms with E-state index in [0.29, 0.717) is 25.8 Å². The highest BCUT2D eigenvalue weighted by molar-refractivity contribution is 7.99. The lowest BCUT2D eigenvalue weighted by Crippen LogP contribution is -2.49. The fourth-order valence-electron chi connectivity index (χ4n) is 3.06. The molecule has 2 N–H and O–H groups in total. The molecule has 1 aromatic carbocycles. The van der Waals surface area contributed by atoms with Crippen molar-refractivity contribution in [3.05, 3.63) is 30.1 Å². The molecule has 1 amide bonds. The summed E-state index contributed by atoms with van der Waals surface area (Å²) in [6.07, 6.45) is 1.74. The van der Waals surface area contributed by atoms with E-state index in [2.05, 4.69) is 27.9 Å². The molecule has 2 heterocycles. The van der Waals surface area contributed by atoms with Gasteiger partial charge in [-0.2, -0.15) is 11.8 Å². The van der Waals surface area contributed by atoms with Crippen LogP contribution in [0.1, 0.15) is 25.6 Å². The number of hydrogen-bond donors (Lipinski definition) is 2. The Morgan fingerprint density at radius 2 is 2.13 bits per heavy atom. The number of thioether (sulfide) groups is 1. The minimum Gasteiger partial charge on any atom is -0.380 e. The Kier molecular flexibility index (Phi) is 4.92. The van der Waals surface area contributed by atoms with Gasteiger partial charge in [0.25, 0.3) is 5.91 Å². The Labute approximate surface area is 140 Å². The number of aromatic nitrogens is 2. The van der Waals surface area contributed by atoms with Crippen molar-refractivity contribution in [3.63, 3.8) is 0 Å². The zero-order valence-corrected chi connectivity index (χ0v) is 14.2. The standard InChI is InChI=1S/C17H23N3O2S/c1-2-20-14-6-4-3-5-13(14)19-15(20)7-10-18-16(21)17(22)8-11-23-12-9-17/h3-6,22H,2,7-12H2,1H3,(H,18,21). The second-order valence-electron chi connectivity index (χ2n) is 5.91. The summed E-state index contributed by atoms with van der Waals surface area (Å²) >= 11 is 1.79. The highest BCUT2D eigenvalue weighted by atomic mass is 32.2. The van der Waals surface area contributed by atoms with Gasteiger partial charge in [-0.15, -0.1) is 0 Å². The van der Waals surface area contributed by atoms with Gasteiger partial charge in [-0.05, 0) is 43.4 Å². The Balaban J connectivity index is 1.63. The van der Waals surface area contributed by atoms with E-state index in [9.17, 15) is 9.90 Å². The van der Waals surface area contributed by atoms with E-state index in [1.54, 1.807) is 11.8 Å². The van der Waals surface area contributed by atoms with Gasteiger partial charge in [0.1, 0.15) is 11.4 Å². The molecular weight excluding hydrogens is 310 g/mol. The van der Waals surface area contributed by atoms with Crippen molar-refractivity contribution in [2.45, 2.75) is 38.3 Å². The summed E-state index contributed by atoms with van der Waals surface area (Å²) in [6.45, 7) is 3.45. The van der Waals surface area contributed by atoms with Crippen LogP contribution in [0.15, 0.2) is 24.3 Å². The lowest BCUT2D eigenvalue weighted by molar-refractivity contribution is -0.140. The zero-order chi connectivity index (χ0) is 16.3. The van der Waals surface area contributed by atoms with E-state index in [-0.39, 0.29) is 5.91 Å². The number of hydrogen-bond acceptors (Lipinski definition) is 4. The quantitative estimate of drug-likeness (QED) is 0.878. The highest BCUT2D eigenvalue weighted by Crippen LogP contribution is 2.27. The third-order valence-corrected chi connectivity index (χ3v) is 5.41. The number of aliphatic hydroxyl groups is 1. The monoisotopic (exact) mass is 333 g/mol. The van der Waals surface area contributed by atoms with Crippen LogP contribution in [0.3, 0.4) is 0 Å². The minimum absolute atomic E-state index is 0.239. The molecule has 5 nitrogen and oxygen atoms in total. The lowest BCUT2D eigenvalue weighted by atomic mass is 9.96. The maximum Gasteiger partial charge on any atom is 0.252 e. The number of carbonyl (C=O) groups is 1. The molecule has 1 fully saturated rings. The summed E-state index contributed by atoms with van der Waals surface area (Å²) in [4.78, 5) is 16.9. The minimum atomic E-state index is -1.18. The van der Waals surface area contributed by atoms with Gasteiger partial charge in [-0.3, -0.25) is 4.79 Å². The van der Waals surface area contributed by atoms with Crippen molar-refractivity contribution in [3.8, 4) is 0 Å². The van der Waals surface area contributed by atoms with Crippen LogP contribution in [0.4, 0.5) is 0 Å². The third-order valence-electron chi connectivity index (χ3n) is 4.43. The molecule has 0 spiro atoms. The molecular formula is C17H23N3O2S. The molecule has 1 aromatic heterocycles. The predicted molar refractivity (Wildman–Crippen MR) is 93.6 cm³/mol. The summed E-state index contributed by atoms with van der Waals surface area (Å²) in [5.74, 6) is 2.42. The fourth-order valence-corrected chi connectivity index (χ4v) is 4.23. The Bertz CT molecular complexity index is 692. The molecule has 0 unspecified atom stereocenters. The van der Waals surface area contributed by atoms with E-state index >= 15 is 0 Å². The van der Waals surface area contributed by atoms with Crippen molar-refractivity contribution in [2.75, 3.05) is 18.1 Å². The first-order valence-electron chi connectivity index (χ1n) is 8.16. The number of amides is 1. The number of aryl methyl sites for hydroxylation is 1. The fraction of sp³-hybridized carbons (Fsp3) is 0.529. The van der Waals surface area contributed by atoms with Gasteiger partial charge in [0.2, 0.25) is 0 Å². The number of carbonyl (C=O) groups excluding carboxylic acids is 1. The van der Waals surface area contributed by atoms with Gasteiger partial charge in [0, 0.05) is 19.5 Å². The van der Waals surface area contributed by atoms with Crippen LogP contribution in [0.2, 0.25) is 0 Å². The molecule has 1 saturated heterocycles. The molecule has 2 aromatic rings. The molecule has 3 rings (SSSR count). The summed E-state index contributed by atoms with van der Waals surface area (Å²) in [6, 6.07) is 8.07. The van der Waals surface area contributed by atoms with Crippen LogP contribution < -0.4 is 5.32 Å². The number of para-hydroxylation sites is 2. The topological polar surface area (TPSA) is 67.2 Å². The van der Waals surface area contributed by atoms with Crippen molar-refractivity contribution in [1.82, 2.24) is 14.9 Å². The van der Waals surface area contributed by atoms with Crippen LogP contribution in [-0.4, -0.2) is 44.2 Å². The maximum atomic E-state index is 12.2. The maximum absolute atomic E-state index is 12.2. The molecule has 1 aliphatic heterocycles. The number of imidazole rings is 1. The first-order valence-corrected chi connectivity index (χ1v) is 9.32. The van der Waals surface area contributed by atoms with Crippen LogP contribution in [-0.2, 0) is 17.8 Å². The lowest BCUT2D eigenvalue weighted by Gasteiger charge is -2.30. The number of nitrogens with zero attached hydrogens (tertiary/aromatic N) is 2. The van der Waals surface area contributed by atoms with E-state index in [0.717, 1.165) is 34.9 Å². The van der Waals surface area contributed by atoms with Crippen molar-refractivity contribution in [1.29, 1.82) is 0 Å². The first kappa shape index (κ1) is 16.3. The smallest absolute Gasteiger partial charge is 0.252 e. The molecule has 0 aliphatic carbocycles. The molecule has 0 radical (unpaired) electrons. The van der Waals surface area contributed by atoms with Gasteiger partial charge < -0.3 is 15.0 Å². The second kappa shape index (κ2) is 6.93. The first-order chi connectivity index (χ1) is 11.1. The molecule has 6 heteroatoms. The molecule has 124 valence electrons. The van der Waals surface area contributed by atoms with Gasteiger partial charge in [-0.25, -0.2) is 4.98 Å². The molecule has 23 heavy (non-hydrogen) atoms. The Morgan fingerprint density at radius 3 is 2.87 bits per heavy atom. The molecule has 0 atom stereocenters. The van der Waals surface area contributed by atoms with Crippen molar-refractivity contribution < 1.29 is 9.90 Å². The largest absolute Gasteiger partial charge is 0.380 e. The van der Waals surface area contributed by atoms with Gasteiger partial charge in [-0.1, -0.05) is 12.1 Å². The van der Waals surface area contributed by atoms with Crippen LogP contribution >= 0.6 is 11.8 Å². The van der Waals surface area contributed by atoms with Crippen LogP contribution in [0.25, 0.3) is 11.0 Å². The van der Waals surface area contributed by atoms with E-state index in [1.165, 1.54) is 0 Å². The van der Waals surface area contributed by atoms with Gasteiger partial charge in [0.15, 0.2) is 0 Å². The summed E-state index contributed by atoms with van der Waals surface area (Å²) < 4.78 is 2.17. The highest BCUT2D eigenvalue weighted by Gasteiger charge is 2.37. The summed E-state index contributed by atoms with van der Waals surface area (Å²) in [7, 11) is 0. The number of benzene rings is 1. The molecule has 0 saturated carbocycles. The summed E-state index contributed by atoms with van der Waals surface area (Å²) in [5, 5.41) is 13.3. The van der Waals surface area contributed by atoms with Gasteiger partial charge >= 0.3 is 0 Å².